The van der Waals surface area contributed by atoms with Crippen LogP contribution in [-0.2, 0) is 6.42 Å². The van der Waals surface area contributed by atoms with E-state index in [-0.39, 0.29) is 11.6 Å². The van der Waals surface area contributed by atoms with Gasteiger partial charge in [0.05, 0.1) is 0 Å². The highest BCUT2D eigenvalue weighted by molar-refractivity contribution is 5.52. The van der Waals surface area contributed by atoms with Gasteiger partial charge in [-0.3, -0.25) is 0 Å². The van der Waals surface area contributed by atoms with Crippen LogP contribution in [0.1, 0.15) is 5.56 Å². The van der Waals surface area contributed by atoms with E-state index in [0.29, 0.717) is 18.5 Å². The Hall–Kier alpha value is -3.22. The molecule has 2 aromatic carbocycles. The predicted molar refractivity (Wildman–Crippen MR) is 111 cm³/mol. The van der Waals surface area contributed by atoms with Crippen molar-refractivity contribution in [2.75, 3.05) is 47.8 Å². The molecule has 1 aliphatic rings. The molecule has 1 saturated heterocycles. The first-order valence-corrected chi connectivity index (χ1v) is 9.74. The molecule has 0 saturated carbocycles. The number of piperazine rings is 1. The van der Waals surface area contributed by atoms with E-state index in [1.165, 1.54) is 18.2 Å². The summed E-state index contributed by atoms with van der Waals surface area (Å²) in [5, 5.41) is 3.25. The summed E-state index contributed by atoms with van der Waals surface area (Å²) in [5.41, 5.74) is 1.72. The molecule has 4 rings (SSSR count). The lowest BCUT2D eigenvalue weighted by Crippen LogP contribution is -2.46. The highest BCUT2D eigenvalue weighted by atomic mass is 19.1. The van der Waals surface area contributed by atoms with E-state index in [1.807, 2.05) is 24.3 Å². The molecule has 5 nitrogen and oxygen atoms in total. The lowest BCUT2D eigenvalue weighted by molar-refractivity contribution is 0.610. The number of anilines is 3. The van der Waals surface area contributed by atoms with Gasteiger partial charge in [0.2, 0.25) is 0 Å². The molecule has 1 aliphatic heterocycles. The van der Waals surface area contributed by atoms with Crippen molar-refractivity contribution in [1.29, 1.82) is 0 Å². The lowest BCUT2D eigenvalue weighted by atomic mass is 10.1. The van der Waals surface area contributed by atoms with Gasteiger partial charge in [-0.25, -0.2) is 18.7 Å². The quantitative estimate of drug-likeness (QED) is 0.689. The Kier molecular flexibility index (Phi) is 5.84. The minimum atomic E-state index is -0.219. The van der Waals surface area contributed by atoms with Crippen molar-refractivity contribution in [3.8, 4) is 0 Å². The summed E-state index contributed by atoms with van der Waals surface area (Å²) < 4.78 is 26.8. The third-order valence-electron chi connectivity index (χ3n) is 5.11. The van der Waals surface area contributed by atoms with E-state index in [1.54, 1.807) is 18.5 Å². The van der Waals surface area contributed by atoms with Crippen LogP contribution in [-0.4, -0.2) is 42.7 Å². The number of rotatable bonds is 6. The summed E-state index contributed by atoms with van der Waals surface area (Å²) in [4.78, 5) is 13.1. The molecule has 1 aromatic heterocycles. The molecule has 0 unspecified atom stereocenters. The molecule has 29 heavy (non-hydrogen) atoms. The molecule has 2 heterocycles. The Morgan fingerprint density at radius 1 is 0.862 bits per heavy atom. The number of aromatic nitrogens is 2. The van der Waals surface area contributed by atoms with Crippen LogP contribution in [0.5, 0.6) is 0 Å². The van der Waals surface area contributed by atoms with Crippen LogP contribution >= 0.6 is 0 Å². The van der Waals surface area contributed by atoms with Crippen LogP contribution in [0.25, 0.3) is 0 Å². The Bertz CT molecular complexity index is 940. The second kappa shape index (κ2) is 8.86. The van der Waals surface area contributed by atoms with Gasteiger partial charge < -0.3 is 15.1 Å². The molecule has 0 aliphatic carbocycles. The highest BCUT2D eigenvalue weighted by Gasteiger charge is 2.18. The third kappa shape index (κ3) is 4.80. The molecule has 1 fully saturated rings. The number of benzene rings is 2. The molecule has 3 aromatic rings. The van der Waals surface area contributed by atoms with Gasteiger partial charge in [-0.05, 0) is 42.3 Å². The standard InChI is InChI=1S/C22H23F2N5/c23-18-5-7-19(8-6-18)28-11-13-29(14-12-28)22-15-21(26-16-27-22)25-10-9-17-3-1-2-4-20(17)24/h1-8,15-16H,9-14H2,(H,25,26,27). The average molecular weight is 395 g/mol. The van der Waals surface area contributed by atoms with Gasteiger partial charge in [-0.1, -0.05) is 18.2 Å². The topological polar surface area (TPSA) is 44.3 Å². The first kappa shape index (κ1) is 19.1. The summed E-state index contributed by atoms with van der Waals surface area (Å²) >= 11 is 0. The number of nitrogens with one attached hydrogen (secondary N) is 1. The highest BCUT2D eigenvalue weighted by Crippen LogP contribution is 2.20. The first-order valence-electron chi connectivity index (χ1n) is 9.74. The maximum Gasteiger partial charge on any atom is 0.134 e. The normalized spacial score (nSPS) is 14.1. The van der Waals surface area contributed by atoms with Gasteiger partial charge in [0, 0.05) is 44.5 Å². The van der Waals surface area contributed by atoms with Crippen LogP contribution in [0, 0.1) is 11.6 Å². The van der Waals surface area contributed by atoms with E-state index >= 15 is 0 Å². The monoisotopic (exact) mass is 395 g/mol. The molecule has 150 valence electrons. The zero-order valence-corrected chi connectivity index (χ0v) is 16.1. The molecule has 0 radical (unpaired) electrons. The molecule has 1 N–H and O–H groups in total. The van der Waals surface area contributed by atoms with Gasteiger partial charge in [0.25, 0.3) is 0 Å². The molecular formula is C22H23F2N5. The predicted octanol–water partition coefficient (Wildman–Crippen LogP) is 3.74. The fraction of sp³-hybridized carbons (Fsp3) is 0.273. The smallest absolute Gasteiger partial charge is 0.134 e. The molecule has 0 spiro atoms. The fourth-order valence-electron chi connectivity index (χ4n) is 3.49. The summed E-state index contributed by atoms with van der Waals surface area (Å²) in [7, 11) is 0. The average Bonchev–Trinajstić information content (AvgIpc) is 2.76. The van der Waals surface area contributed by atoms with E-state index in [2.05, 4.69) is 25.1 Å². The Labute approximate surface area is 169 Å². The number of halogens is 2. The molecular weight excluding hydrogens is 372 g/mol. The van der Waals surface area contributed by atoms with Crippen LogP contribution < -0.4 is 15.1 Å². The molecule has 0 atom stereocenters. The van der Waals surface area contributed by atoms with E-state index < -0.39 is 0 Å². The van der Waals surface area contributed by atoms with Crippen LogP contribution in [0.2, 0.25) is 0 Å². The maximum absolute atomic E-state index is 13.7. The van der Waals surface area contributed by atoms with Crippen LogP contribution in [0.4, 0.5) is 26.1 Å². The maximum atomic E-state index is 13.7. The summed E-state index contributed by atoms with van der Waals surface area (Å²) in [6.07, 6.45) is 2.13. The minimum absolute atomic E-state index is 0.184. The second-order valence-electron chi connectivity index (χ2n) is 6.98. The minimum Gasteiger partial charge on any atom is -0.370 e. The Balaban J connectivity index is 1.32. The summed E-state index contributed by atoms with van der Waals surface area (Å²) in [6, 6.07) is 15.3. The summed E-state index contributed by atoms with van der Waals surface area (Å²) in [6.45, 7) is 3.92. The molecule has 0 amide bonds. The van der Waals surface area contributed by atoms with Crippen molar-refractivity contribution in [2.24, 2.45) is 0 Å². The van der Waals surface area contributed by atoms with Crippen molar-refractivity contribution in [3.05, 3.63) is 78.1 Å². The van der Waals surface area contributed by atoms with Crippen LogP contribution in [0.3, 0.4) is 0 Å². The zero-order valence-electron chi connectivity index (χ0n) is 16.1. The number of hydrogen-bond acceptors (Lipinski definition) is 5. The van der Waals surface area contributed by atoms with Crippen molar-refractivity contribution < 1.29 is 8.78 Å². The van der Waals surface area contributed by atoms with Gasteiger partial charge in [0.15, 0.2) is 0 Å². The van der Waals surface area contributed by atoms with Crippen LogP contribution in [0.15, 0.2) is 60.9 Å². The largest absolute Gasteiger partial charge is 0.370 e. The van der Waals surface area contributed by atoms with Crippen molar-refractivity contribution in [1.82, 2.24) is 9.97 Å². The Morgan fingerprint density at radius 2 is 1.59 bits per heavy atom. The van der Waals surface area contributed by atoms with Gasteiger partial charge in [-0.2, -0.15) is 0 Å². The first-order chi connectivity index (χ1) is 14.2. The SMILES string of the molecule is Fc1ccc(N2CCN(c3cc(NCCc4ccccc4F)ncn3)CC2)cc1. The number of hydrogen-bond donors (Lipinski definition) is 1. The zero-order chi connectivity index (χ0) is 20.1. The third-order valence-corrected chi connectivity index (χ3v) is 5.11. The fourth-order valence-corrected chi connectivity index (χ4v) is 3.49. The second-order valence-corrected chi connectivity index (χ2v) is 6.98. The number of nitrogens with zero attached hydrogens (tertiary/aromatic N) is 4. The molecule has 7 heteroatoms. The Morgan fingerprint density at radius 3 is 2.34 bits per heavy atom. The van der Waals surface area contributed by atoms with E-state index in [4.69, 9.17) is 0 Å². The van der Waals surface area contributed by atoms with Gasteiger partial charge in [0.1, 0.15) is 29.6 Å². The lowest BCUT2D eigenvalue weighted by Gasteiger charge is -2.36. The van der Waals surface area contributed by atoms with E-state index in [0.717, 1.165) is 43.5 Å². The van der Waals surface area contributed by atoms with Gasteiger partial charge in [-0.15, -0.1) is 0 Å². The summed E-state index contributed by atoms with van der Waals surface area (Å²) in [5.74, 6) is 1.19. The van der Waals surface area contributed by atoms with E-state index in [9.17, 15) is 8.78 Å². The van der Waals surface area contributed by atoms with Gasteiger partial charge >= 0.3 is 0 Å². The van der Waals surface area contributed by atoms with Crippen molar-refractivity contribution in [3.63, 3.8) is 0 Å². The van der Waals surface area contributed by atoms with Crippen molar-refractivity contribution >= 4 is 17.3 Å². The molecule has 0 bridgehead atoms. The van der Waals surface area contributed by atoms with Crippen molar-refractivity contribution in [2.45, 2.75) is 6.42 Å².